The first kappa shape index (κ1) is 14.6. The van der Waals surface area contributed by atoms with Crippen LogP contribution in [0.2, 0.25) is 0 Å². The van der Waals surface area contributed by atoms with Gasteiger partial charge in [0, 0.05) is 24.6 Å². The van der Waals surface area contributed by atoms with Gasteiger partial charge in [0.1, 0.15) is 17.5 Å². The van der Waals surface area contributed by atoms with Crippen LogP contribution in [0.4, 0.5) is 11.6 Å². The van der Waals surface area contributed by atoms with Gasteiger partial charge in [-0.05, 0) is 44.4 Å². The number of hydrogen-bond donors (Lipinski definition) is 2. The summed E-state index contributed by atoms with van der Waals surface area (Å²) < 4.78 is 0. The number of hydrazine groups is 1. The normalized spacial score (nSPS) is 18.1. The summed E-state index contributed by atoms with van der Waals surface area (Å²) in [5, 5.41) is 0. The standard InChI is InChI=1S/C16H27N5/c1-10(2)14-18-15(20-17)11(3)16(19-14)21(8-12-4-5-12)9-13-6-7-13/h10,12-13H,4-9,17H2,1-3H3,(H,18,19,20). The quantitative estimate of drug-likeness (QED) is 0.597. The lowest BCUT2D eigenvalue weighted by Gasteiger charge is -2.27. The highest BCUT2D eigenvalue weighted by Gasteiger charge is 2.31. The summed E-state index contributed by atoms with van der Waals surface area (Å²) in [5.74, 6) is 10.4. The van der Waals surface area contributed by atoms with Crippen molar-refractivity contribution in [1.29, 1.82) is 0 Å². The highest BCUT2D eigenvalue weighted by Crippen LogP contribution is 2.37. The lowest BCUT2D eigenvalue weighted by Crippen LogP contribution is -2.31. The van der Waals surface area contributed by atoms with Crippen molar-refractivity contribution in [1.82, 2.24) is 9.97 Å². The van der Waals surface area contributed by atoms with Crippen LogP contribution in [-0.4, -0.2) is 23.1 Å². The third-order valence-corrected chi connectivity index (χ3v) is 4.44. The molecule has 0 atom stereocenters. The maximum Gasteiger partial charge on any atom is 0.148 e. The van der Waals surface area contributed by atoms with Gasteiger partial charge in [-0.3, -0.25) is 0 Å². The van der Waals surface area contributed by atoms with Gasteiger partial charge in [-0.15, -0.1) is 0 Å². The Balaban J connectivity index is 1.92. The highest BCUT2D eigenvalue weighted by atomic mass is 15.3. The molecule has 2 saturated carbocycles. The zero-order valence-corrected chi connectivity index (χ0v) is 13.4. The van der Waals surface area contributed by atoms with E-state index < -0.39 is 0 Å². The summed E-state index contributed by atoms with van der Waals surface area (Å²) in [6.07, 6.45) is 5.46. The van der Waals surface area contributed by atoms with Crippen LogP contribution in [0.25, 0.3) is 0 Å². The highest BCUT2D eigenvalue weighted by molar-refractivity contribution is 5.58. The fraction of sp³-hybridized carbons (Fsp3) is 0.750. The Kier molecular flexibility index (Phi) is 4.02. The fourth-order valence-corrected chi connectivity index (χ4v) is 2.70. The van der Waals surface area contributed by atoms with Crippen molar-refractivity contribution in [2.75, 3.05) is 23.4 Å². The maximum atomic E-state index is 5.66. The Morgan fingerprint density at radius 1 is 1.14 bits per heavy atom. The molecule has 3 rings (SSSR count). The zero-order valence-electron chi connectivity index (χ0n) is 13.4. The van der Waals surface area contributed by atoms with Gasteiger partial charge in [0.25, 0.3) is 0 Å². The molecule has 0 unspecified atom stereocenters. The van der Waals surface area contributed by atoms with Gasteiger partial charge in [-0.1, -0.05) is 13.8 Å². The van der Waals surface area contributed by atoms with Gasteiger partial charge in [0.05, 0.1) is 0 Å². The molecule has 21 heavy (non-hydrogen) atoms. The predicted molar refractivity (Wildman–Crippen MR) is 86.3 cm³/mol. The molecule has 0 amide bonds. The minimum Gasteiger partial charge on any atom is -0.356 e. The Bertz CT molecular complexity index is 492. The topological polar surface area (TPSA) is 67.1 Å². The van der Waals surface area contributed by atoms with Crippen molar-refractivity contribution in [2.45, 2.75) is 52.4 Å². The largest absolute Gasteiger partial charge is 0.356 e. The van der Waals surface area contributed by atoms with Gasteiger partial charge in [0.2, 0.25) is 0 Å². The number of nitrogens with zero attached hydrogens (tertiary/aromatic N) is 3. The molecule has 0 saturated heterocycles. The van der Waals surface area contributed by atoms with Crippen LogP contribution in [-0.2, 0) is 0 Å². The minimum atomic E-state index is 0.306. The molecule has 2 aliphatic carbocycles. The van der Waals surface area contributed by atoms with Crippen molar-refractivity contribution in [3.05, 3.63) is 11.4 Å². The minimum absolute atomic E-state index is 0.306. The van der Waals surface area contributed by atoms with Crippen LogP contribution in [0.1, 0.15) is 56.8 Å². The molecular weight excluding hydrogens is 262 g/mol. The van der Waals surface area contributed by atoms with Gasteiger partial charge in [-0.2, -0.15) is 0 Å². The number of nitrogen functional groups attached to an aromatic ring is 1. The van der Waals surface area contributed by atoms with Crippen LogP contribution in [0.5, 0.6) is 0 Å². The first-order chi connectivity index (χ1) is 10.1. The maximum absolute atomic E-state index is 5.66. The number of aromatic nitrogens is 2. The van der Waals surface area contributed by atoms with E-state index in [1.54, 1.807) is 0 Å². The molecular formula is C16H27N5. The van der Waals surface area contributed by atoms with Crippen molar-refractivity contribution in [3.63, 3.8) is 0 Å². The Morgan fingerprint density at radius 2 is 1.71 bits per heavy atom. The summed E-state index contributed by atoms with van der Waals surface area (Å²) in [4.78, 5) is 11.9. The Morgan fingerprint density at radius 3 is 2.14 bits per heavy atom. The van der Waals surface area contributed by atoms with E-state index in [0.717, 1.165) is 47.9 Å². The second kappa shape index (κ2) is 5.79. The number of rotatable bonds is 7. The van der Waals surface area contributed by atoms with Crippen molar-refractivity contribution in [3.8, 4) is 0 Å². The van der Waals surface area contributed by atoms with Crippen LogP contribution >= 0.6 is 0 Å². The SMILES string of the molecule is Cc1c(NN)nc(C(C)C)nc1N(CC1CC1)CC1CC1. The number of anilines is 2. The van der Waals surface area contributed by atoms with Crippen LogP contribution in [0, 0.1) is 18.8 Å². The monoisotopic (exact) mass is 289 g/mol. The number of nitrogens with two attached hydrogens (primary N) is 1. The summed E-state index contributed by atoms with van der Waals surface area (Å²) in [7, 11) is 0. The molecule has 5 heteroatoms. The molecule has 2 aliphatic rings. The van der Waals surface area contributed by atoms with Crippen molar-refractivity contribution >= 4 is 11.6 Å². The second-order valence-corrected chi connectivity index (χ2v) is 6.97. The second-order valence-electron chi connectivity index (χ2n) is 6.97. The lowest BCUT2D eigenvalue weighted by molar-refractivity contribution is 0.660. The van der Waals surface area contributed by atoms with E-state index >= 15 is 0 Å². The average molecular weight is 289 g/mol. The van der Waals surface area contributed by atoms with E-state index in [0.29, 0.717) is 5.92 Å². The zero-order chi connectivity index (χ0) is 15.0. The lowest BCUT2D eigenvalue weighted by atomic mass is 10.2. The summed E-state index contributed by atoms with van der Waals surface area (Å²) >= 11 is 0. The van der Waals surface area contributed by atoms with Crippen LogP contribution < -0.4 is 16.2 Å². The average Bonchev–Trinajstić information content (AvgIpc) is 3.33. The van der Waals surface area contributed by atoms with E-state index in [4.69, 9.17) is 10.8 Å². The first-order valence-corrected chi connectivity index (χ1v) is 8.18. The van der Waals surface area contributed by atoms with E-state index in [2.05, 4.69) is 36.1 Å². The summed E-state index contributed by atoms with van der Waals surface area (Å²) in [5.41, 5.74) is 3.82. The van der Waals surface area contributed by atoms with E-state index in [9.17, 15) is 0 Å². The summed E-state index contributed by atoms with van der Waals surface area (Å²) in [6, 6.07) is 0. The smallest absolute Gasteiger partial charge is 0.148 e. The molecule has 116 valence electrons. The molecule has 0 spiro atoms. The van der Waals surface area contributed by atoms with Crippen LogP contribution in [0.15, 0.2) is 0 Å². The van der Waals surface area contributed by atoms with Crippen molar-refractivity contribution < 1.29 is 0 Å². The third-order valence-electron chi connectivity index (χ3n) is 4.44. The molecule has 1 aromatic heterocycles. The summed E-state index contributed by atoms with van der Waals surface area (Å²) in [6.45, 7) is 8.59. The number of hydrogen-bond acceptors (Lipinski definition) is 5. The van der Waals surface area contributed by atoms with E-state index in [-0.39, 0.29) is 0 Å². The third kappa shape index (κ3) is 3.46. The van der Waals surface area contributed by atoms with Gasteiger partial charge < -0.3 is 10.3 Å². The molecule has 0 radical (unpaired) electrons. The number of nitrogens with one attached hydrogen (secondary N) is 1. The molecule has 5 nitrogen and oxygen atoms in total. The fourth-order valence-electron chi connectivity index (χ4n) is 2.70. The molecule has 0 aromatic carbocycles. The van der Waals surface area contributed by atoms with Gasteiger partial charge in [-0.25, -0.2) is 15.8 Å². The van der Waals surface area contributed by atoms with E-state index in [1.807, 2.05) is 0 Å². The Labute approximate surface area is 127 Å². The van der Waals surface area contributed by atoms with E-state index in [1.165, 1.54) is 25.7 Å². The molecule has 1 aromatic rings. The van der Waals surface area contributed by atoms with Crippen molar-refractivity contribution in [2.24, 2.45) is 17.7 Å². The molecule has 3 N–H and O–H groups in total. The molecule has 0 bridgehead atoms. The van der Waals surface area contributed by atoms with Gasteiger partial charge in [0.15, 0.2) is 0 Å². The Hall–Kier alpha value is -1.36. The van der Waals surface area contributed by atoms with Crippen LogP contribution in [0.3, 0.4) is 0 Å². The molecule has 0 aliphatic heterocycles. The first-order valence-electron chi connectivity index (χ1n) is 8.18. The van der Waals surface area contributed by atoms with Gasteiger partial charge >= 0.3 is 0 Å². The molecule has 2 fully saturated rings. The predicted octanol–water partition coefficient (Wildman–Crippen LogP) is 2.82. The molecule has 1 heterocycles.